The van der Waals surface area contributed by atoms with Crippen LogP contribution in [-0.4, -0.2) is 15.1 Å². The fraction of sp³-hybridized carbons (Fsp3) is 0.190. The number of thiazole rings is 1. The zero-order valence-corrected chi connectivity index (χ0v) is 17.9. The fourth-order valence-electron chi connectivity index (χ4n) is 2.67. The van der Waals surface area contributed by atoms with E-state index in [0.717, 1.165) is 44.2 Å². The van der Waals surface area contributed by atoms with Crippen LogP contribution in [0, 0.1) is 20.8 Å². The van der Waals surface area contributed by atoms with E-state index >= 15 is 0 Å². The summed E-state index contributed by atoms with van der Waals surface area (Å²) in [7, 11) is 0. The van der Waals surface area contributed by atoms with E-state index in [1.807, 2.05) is 68.7 Å². The second-order valence-corrected chi connectivity index (χ2v) is 8.35. The van der Waals surface area contributed by atoms with Crippen molar-refractivity contribution < 1.29 is 9.26 Å². The molecular weight excluding hydrogens is 404 g/mol. The number of aromatic nitrogens is 3. The molecule has 3 heterocycles. The van der Waals surface area contributed by atoms with Gasteiger partial charge in [-0.05, 0) is 39.0 Å². The number of rotatable bonds is 7. The van der Waals surface area contributed by atoms with Gasteiger partial charge in [-0.2, -0.15) is 0 Å². The summed E-state index contributed by atoms with van der Waals surface area (Å²) >= 11 is 3.20. The van der Waals surface area contributed by atoms with Gasteiger partial charge in [0.25, 0.3) is 0 Å². The number of pyridine rings is 1. The first-order valence-electron chi connectivity index (χ1n) is 9.05. The van der Waals surface area contributed by atoms with Gasteiger partial charge in [-0.1, -0.05) is 23.4 Å². The Balaban J connectivity index is 1.59. The highest BCUT2D eigenvalue weighted by molar-refractivity contribution is 7.98. The van der Waals surface area contributed by atoms with Crippen LogP contribution < -0.4 is 10.1 Å². The van der Waals surface area contributed by atoms with Crippen LogP contribution in [0.15, 0.2) is 57.4 Å². The summed E-state index contributed by atoms with van der Waals surface area (Å²) in [4.78, 5) is 10.0. The summed E-state index contributed by atoms with van der Waals surface area (Å²) in [5.74, 6) is 3.63. The van der Waals surface area contributed by atoms with E-state index < -0.39 is 0 Å². The van der Waals surface area contributed by atoms with Crippen LogP contribution in [0.3, 0.4) is 0 Å². The monoisotopic (exact) mass is 424 g/mol. The lowest BCUT2D eigenvalue weighted by molar-refractivity contribution is 0.392. The van der Waals surface area contributed by atoms with Gasteiger partial charge < -0.3 is 14.6 Å². The Hall–Kier alpha value is -2.84. The Morgan fingerprint density at radius 1 is 1.17 bits per heavy atom. The van der Waals surface area contributed by atoms with E-state index in [4.69, 9.17) is 9.26 Å². The largest absolute Gasteiger partial charge is 0.453 e. The molecule has 0 radical (unpaired) electrons. The number of hydrogen-bond acceptors (Lipinski definition) is 8. The molecule has 0 aliphatic rings. The average molecular weight is 425 g/mol. The molecule has 0 saturated carbocycles. The lowest BCUT2D eigenvalue weighted by atomic mass is 10.2. The van der Waals surface area contributed by atoms with Crippen molar-refractivity contribution in [3.8, 4) is 11.5 Å². The van der Waals surface area contributed by atoms with E-state index in [2.05, 4.69) is 20.4 Å². The molecule has 8 heteroatoms. The quantitative estimate of drug-likeness (QED) is 0.350. The van der Waals surface area contributed by atoms with Crippen molar-refractivity contribution in [1.82, 2.24) is 15.1 Å². The van der Waals surface area contributed by atoms with E-state index in [1.54, 1.807) is 11.8 Å². The molecule has 0 atom stereocenters. The first-order chi connectivity index (χ1) is 14.1. The number of para-hydroxylation sites is 1. The summed E-state index contributed by atoms with van der Waals surface area (Å²) in [6.07, 6.45) is 1.84. The van der Waals surface area contributed by atoms with Crippen molar-refractivity contribution in [2.24, 2.45) is 0 Å². The molecule has 148 valence electrons. The highest BCUT2D eigenvalue weighted by atomic mass is 32.2. The number of anilines is 2. The molecule has 4 rings (SSSR count). The molecule has 3 aromatic heterocycles. The number of nitrogens with zero attached hydrogens (tertiary/aromatic N) is 3. The molecule has 1 aromatic carbocycles. The van der Waals surface area contributed by atoms with Gasteiger partial charge in [0.15, 0.2) is 16.7 Å². The van der Waals surface area contributed by atoms with Gasteiger partial charge in [-0.25, -0.2) is 9.97 Å². The number of nitrogens with one attached hydrogen (secondary N) is 1. The van der Waals surface area contributed by atoms with Gasteiger partial charge >= 0.3 is 0 Å². The Morgan fingerprint density at radius 2 is 2.00 bits per heavy atom. The third kappa shape index (κ3) is 4.78. The molecule has 0 aliphatic heterocycles. The van der Waals surface area contributed by atoms with Crippen molar-refractivity contribution in [2.45, 2.75) is 31.4 Å². The summed E-state index contributed by atoms with van der Waals surface area (Å²) < 4.78 is 11.4. The molecule has 0 bridgehead atoms. The lowest BCUT2D eigenvalue weighted by Crippen LogP contribution is -1.98. The molecular formula is C21H20N4O2S2. The molecule has 0 spiro atoms. The topological polar surface area (TPSA) is 73.1 Å². The van der Waals surface area contributed by atoms with Crippen molar-refractivity contribution in [3.63, 3.8) is 0 Å². The van der Waals surface area contributed by atoms with E-state index in [1.165, 1.54) is 11.3 Å². The van der Waals surface area contributed by atoms with Crippen LogP contribution in [0.1, 0.15) is 22.7 Å². The highest BCUT2D eigenvalue weighted by Gasteiger charge is 2.13. The van der Waals surface area contributed by atoms with E-state index in [-0.39, 0.29) is 0 Å². The zero-order valence-electron chi connectivity index (χ0n) is 16.3. The number of ether oxygens (including phenoxy) is 1. The van der Waals surface area contributed by atoms with Gasteiger partial charge in [-0.3, -0.25) is 0 Å². The van der Waals surface area contributed by atoms with Crippen molar-refractivity contribution in [3.05, 3.63) is 70.7 Å². The first kappa shape index (κ1) is 19.5. The number of aryl methyl sites for hydroxylation is 3. The average Bonchev–Trinajstić information content (AvgIpc) is 3.27. The molecule has 0 amide bonds. The minimum Gasteiger partial charge on any atom is -0.453 e. The molecule has 6 nitrogen and oxygen atoms in total. The number of hydrogen-bond donors (Lipinski definition) is 1. The number of thioether (sulfide) groups is 1. The second-order valence-electron chi connectivity index (χ2n) is 6.44. The Bertz CT molecular complexity index is 1090. The predicted molar refractivity (Wildman–Crippen MR) is 116 cm³/mol. The summed E-state index contributed by atoms with van der Waals surface area (Å²) in [6.45, 7) is 5.85. The summed E-state index contributed by atoms with van der Waals surface area (Å²) in [6, 6.07) is 11.7. The molecule has 29 heavy (non-hydrogen) atoms. The highest BCUT2D eigenvalue weighted by Crippen LogP contribution is 2.35. The summed E-state index contributed by atoms with van der Waals surface area (Å²) in [5, 5.41) is 10.1. The molecule has 0 aliphatic carbocycles. The Kier molecular flexibility index (Phi) is 5.82. The first-order valence-corrected chi connectivity index (χ1v) is 10.9. The van der Waals surface area contributed by atoms with E-state index in [9.17, 15) is 0 Å². The van der Waals surface area contributed by atoms with Gasteiger partial charge in [0.1, 0.15) is 11.5 Å². The van der Waals surface area contributed by atoms with Crippen LogP contribution >= 0.6 is 23.1 Å². The maximum Gasteiger partial charge on any atom is 0.188 e. The minimum absolute atomic E-state index is 0.630. The van der Waals surface area contributed by atoms with Crippen molar-refractivity contribution in [2.75, 3.05) is 5.32 Å². The standard InChI is InChI=1S/C21H20N4O2S2/c1-13-11-29-21(23-13)24-20-19(26-16-7-5-4-6-8-16)9-17(10-22-20)28-12-18-14(2)25-27-15(18)3/h4-11H,12H2,1-3H3,(H,22,23,24). The molecule has 0 unspecified atom stereocenters. The Morgan fingerprint density at radius 3 is 2.69 bits per heavy atom. The second kappa shape index (κ2) is 8.67. The minimum atomic E-state index is 0.630. The SMILES string of the molecule is Cc1csc(Nc2ncc(SCc3c(C)noc3C)cc2Oc2ccccc2)n1. The van der Waals surface area contributed by atoms with Gasteiger partial charge in [-0.15, -0.1) is 23.1 Å². The van der Waals surface area contributed by atoms with Gasteiger partial charge in [0.2, 0.25) is 0 Å². The smallest absolute Gasteiger partial charge is 0.188 e. The zero-order chi connectivity index (χ0) is 20.2. The van der Waals surface area contributed by atoms with Crippen LogP contribution in [-0.2, 0) is 5.75 Å². The lowest BCUT2D eigenvalue weighted by Gasteiger charge is -2.12. The maximum atomic E-state index is 6.12. The predicted octanol–water partition coefficient (Wildman–Crippen LogP) is 6.28. The van der Waals surface area contributed by atoms with Crippen LogP contribution in [0.2, 0.25) is 0 Å². The normalized spacial score (nSPS) is 10.9. The van der Waals surface area contributed by atoms with Gasteiger partial charge in [0.05, 0.1) is 11.4 Å². The van der Waals surface area contributed by atoms with Crippen LogP contribution in [0.4, 0.5) is 10.9 Å². The molecule has 1 N–H and O–H groups in total. The van der Waals surface area contributed by atoms with Crippen molar-refractivity contribution >= 4 is 34.0 Å². The fourth-order valence-corrected chi connectivity index (χ4v) is 4.40. The summed E-state index contributed by atoms with van der Waals surface area (Å²) in [5.41, 5.74) is 3.00. The van der Waals surface area contributed by atoms with E-state index in [0.29, 0.717) is 11.6 Å². The van der Waals surface area contributed by atoms with Crippen molar-refractivity contribution in [1.29, 1.82) is 0 Å². The Labute approximate surface area is 177 Å². The van der Waals surface area contributed by atoms with Crippen LogP contribution in [0.5, 0.6) is 11.5 Å². The maximum absolute atomic E-state index is 6.12. The third-order valence-corrected chi connectivity index (χ3v) is 6.07. The number of benzene rings is 1. The molecule has 0 fully saturated rings. The van der Waals surface area contributed by atoms with Gasteiger partial charge in [0, 0.05) is 27.8 Å². The molecule has 0 saturated heterocycles. The third-order valence-electron chi connectivity index (χ3n) is 4.21. The van der Waals surface area contributed by atoms with Crippen LogP contribution in [0.25, 0.3) is 0 Å². The molecule has 4 aromatic rings.